The molecule has 2 amide bonds. The summed E-state index contributed by atoms with van der Waals surface area (Å²) in [5, 5.41) is 3.54. The van der Waals surface area contributed by atoms with Gasteiger partial charge < -0.3 is 19.4 Å². The molecular weight excluding hydrogens is 406 g/mol. The summed E-state index contributed by atoms with van der Waals surface area (Å²) in [5.41, 5.74) is 0.784. The number of benzene rings is 1. The Balaban J connectivity index is 1.41. The van der Waals surface area contributed by atoms with E-state index in [0.29, 0.717) is 68.6 Å². The monoisotopic (exact) mass is 433 g/mol. The number of aromatic nitrogens is 1. The maximum atomic E-state index is 12.5. The lowest BCUT2D eigenvalue weighted by Gasteiger charge is -2.31. The molecule has 0 spiro atoms. The number of nitrogens with one attached hydrogen (secondary N) is 1. The van der Waals surface area contributed by atoms with E-state index >= 15 is 0 Å². The van der Waals surface area contributed by atoms with Crippen molar-refractivity contribution < 1.29 is 18.7 Å². The van der Waals surface area contributed by atoms with E-state index < -0.39 is 0 Å². The Labute approximate surface area is 181 Å². The highest BCUT2D eigenvalue weighted by Crippen LogP contribution is 2.28. The van der Waals surface area contributed by atoms with Crippen LogP contribution in [0.3, 0.4) is 0 Å². The largest absolute Gasteiger partial charge is 0.441 e. The minimum atomic E-state index is -0.0264. The molecule has 162 valence electrons. The smallest absolute Gasteiger partial charge is 0.223 e. The van der Waals surface area contributed by atoms with Crippen LogP contribution >= 0.6 is 11.6 Å². The van der Waals surface area contributed by atoms with E-state index in [1.165, 1.54) is 0 Å². The number of aryl methyl sites for hydroxylation is 1. The van der Waals surface area contributed by atoms with Gasteiger partial charge >= 0.3 is 0 Å². The number of amides is 2. The van der Waals surface area contributed by atoms with Gasteiger partial charge in [0.1, 0.15) is 0 Å². The molecule has 0 unspecified atom stereocenters. The lowest BCUT2D eigenvalue weighted by Crippen LogP contribution is -2.43. The summed E-state index contributed by atoms with van der Waals surface area (Å²) in [5.74, 6) is 1.22. The average Bonchev–Trinajstić information content (AvgIpc) is 3.24. The lowest BCUT2D eigenvalue weighted by atomic mass is 9.95. The van der Waals surface area contributed by atoms with Crippen LogP contribution in [0.1, 0.15) is 31.6 Å². The maximum Gasteiger partial charge on any atom is 0.223 e. The summed E-state index contributed by atoms with van der Waals surface area (Å²) < 4.78 is 10.7. The van der Waals surface area contributed by atoms with Crippen molar-refractivity contribution in [2.24, 2.45) is 5.92 Å². The van der Waals surface area contributed by atoms with Crippen molar-refractivity contribution in [1.29, 1.82) is 0 Å². The molecule has 1 aliphatic heterocycles. The Morgan fingerprint density at radius 1 is 1.30 bits per heavy atom. The van der Waals surface area contributed by atoms with Crippen molar-refractivity contribution in [2.45, 2.75) is 32.1 Å². The summed E-state index contributed by atoms with van der Waals surface area (Å²) in [6, 6.07) is 7.41. The Kier molecular flexibility index (Phi) is 8.28. The molecule has 30 heavy (non-hydrogen) atoms. The molecule has 2 aromatic rings. The summed E-state index contributed by atoms with van der Waals surface area (Å²) in [6.45, 7) is 2.46. The van der Waals surface area contributed by atoms with Crippen molar-refractivity contribution in [2.75, 3.05) is 33.4 Å². The van der Waals surface area contributed by atoms with Gasteiger partial charge in [-0.25, -0.2) is 4.98 Å². The summed E-state index contributed by atoms with van der Waals surface area (Å²) in [4.78, 5) is 30.8. The van der Waals surface area contributed by atoms with E-state index in [-0.39, 0.29) is 17.7 Å². The third-order valence-electron chi connectivity index (χ3n) is 5.29. The fourth-order valence-corrected chi connectivity index (χ4v) is 3.78. The fourth-order valence-electron chi connectivity index (χ4n) is 3.55. The van der Waals surface area contributed by atoms with Gasteiger partial charge in [0.2, 0.25) is 11.8 Å². The van der Waals surface area contributed by atoms with Crippen LogP contribution in [0.5, 0.6) is 0 Å². The van der Waals surface area contributed by atoms with Gasteiger partial charge in [0.05, 0.1) is 11.2 Å². The summed E-state index contributed by atoms with van der Waals surface area (Å²) in [6.07, 6.45) is 4.59. The lowest BCUT2D eigenvalue weighted by molar-refractivity contribution is -0.135. The number of oxazole rings is 1. The highest BCUT2D eigenvalue weighted by molar-refractivity contribution is 6.33. The second-order valence-corrected chi connectivity index (χ2v) is 7.80. The van der Waals surface area contributed by atoms with Crippen LogP contribution in [0.4, 0.5) is 0 Å². The first kappa shape index (κ1) is 22.3. The number of piperidine rings is 1. The number of halogens is 1. The molecule has 1 aromatic carbocycles. The van der Waals surface area contributed by atoms with Crippen molar-refractivity contribution in [1.82, 2.24) is 15.2 Å². The number of hydrogen-bond acceptors (Lipinski definition) is 5. The third kappa shape index (κ3) is 6.06. The number of carbonyl (C=O) groups excluding carboxylic acids is 2. The number of carbonyl (C=O) groups is 2. The molecule has 3 rings (SSSR count). The molecule has 1 fully saturated rings. The van der Waals surface area contributed by atoms with Gasteiger partial charge in [0.25, 0.3) is 0 Å². The first-order chi connectivity index (χ1) is 14.6. The molecule has 8 heteroatoms. The SMILES string of the molecule is COCCCNC(=O)C1CCN(C(=O)CCc2ncc(-c3ccccc3Cl)o2)CC1. The molecule has 1 aliphatic rings. The highest BCUT2D eigenvalue weighted by Gasteiger charge is 2.27. The number of nitrogens with zero attached hydrogens (tertiary/aromatic N) is 2. The van der Waals surface area contributed by atoms with Crippen molar-refractivity contribution in [3.63, 3.8) is 0 Å². The molecule has 7 nitrogen and oxygen atoms in total. The van der Waals surface area contributed by atoms with Gasteiger partial charge in [0.15, 0.2) is 11.7 Å². The molecule has 0 saturated carbocycles. The first-order valence-electron chi connectivity index (χ1n) is 10.3. The van der Waals surface area contributed by atoms with Crippen LogP contribution in [-0.2, 0) is 20.7 Å². The number of hydrogen-bond donors (Lipinski definition) is 1. The van der Waals surface area contributed by atoms with Gasteiger partial charge in [-0.3, -0.25) is 9.59 Å². The summed E-state index contributed by atoms with van der Waals surface area (Å²) >= 11 is 6.19. The van der Waals surface area contributed by atoms with E-state index in [9.17, 15) is 9.59 Å². The van der Waals surface area contributed by atoms with E-state index in [2.05, 4.69) is 10.3 Å². The number of ether oxygens (including phenoxy) is 1. The number of methoxy groups -OCH3 is 1. The molecule has 1 aromatic heterocycles. The molecule has 1 saturated heterocycles. The maximum absolute atomic E-state index is 12.5. The molecular formula is C22H28ClN3O4. The van der Waals surface area contributed by atoms with Gasteiger partial charge in [0, 0.05) is 57.7 Å². The van der Waals surface area contributed by atoms with Crippen LogP contribution in [0.15, 0.2) is 34.9 Å². The summed E-state index contributed by atoms with van der Waals surface area (Å²) in [7, 11) is 1.65. The molecule has 0 radical (unpaired) electrons. The third-order valence-corrected chi connectivity index (χ3v) is 5.62. The zero-order valence-corrected chi connectivity index (χ0v) is 18.0. The van der Waals surface area contributed by atoms with Gasteiger partial charge in [-0.15, -0.1) is 0 Å². The quantitative estimate of drug-likeness (QED) is 0.613. The van der Waals surface area contributed by atoms with Gasteiger partial charge in [-0.1, -0.05) is 23.7 Å². The van der Waals surface area contributed by atoms with E-state index in [1.54, 1.807) is 19.4 Å². The Hall–Kier alpha value is -2.38. The first-order valence-corrected chi connectivity index (χ1v) is 10.7. The molecule has 0 aliphatic carbocycles. The molecule has 1 N–H and O–H groups in total. The van der Waals surface area contributed by atoms with Crippen LogP contribution in [0.2, 0.25) is 5.02 Å². The Morgan fingerprint density at radius 3 is 2.80 bits per heavy atom. The fraction of sp³-hybridized carbons (Fsp3) is 0.500. The normalized spacial score (nSPS) is 14.7. The number of likely N-dealkylation sites (tertiary alicyclic amines) is 1. The van der Waals surface area contributed by atoms with Crippen molar-refractivity contribution in [3.05, 3.63) is 41.4 Å². The van der Waals surface area contributed by atoms with Crippen molar-refractivity contribution in [3.8, 4) is 11.3 Å². The van der Waals surface area contributed by atoms with Gasteiger partial charge in [-0.2, -0.15) is 0 Å². The van der Waals surface area contributed by atoms with Crippen molar-refractivity contribution >= 4 is 23.4 Å². The van der Waals surface area contributed by atoms with Crippen LogP contribution < -0.4 is 5.32 Å². The Morgan fingerprint density at radius 2 is 2.07 bits per heavy atom. The van der Waals surface area contributed by atoms with Crippen LogP contribution in [-0.4, -0.2) is 55.0 Å². The standard InChI is InChI=1S/C22H28ClN3O4/c1-29-14-4-11-24-22(28)16-9-12-26(13-10-16)21(27)8-7-20-25-15-19(30-20)17-5-2-3-6-18(17)23/h2-3,5-6,15-16H,4,7-14H2,1H3,(H,24,28). The van der Waals surface area contributed by atoms with E-state index in [1.807, 2.05) is 23.1 Å². The zero-order chi connectivity index (χ0) is 21.3. The Bertz CT molecular complexity index is 846. The minimum Gasteiger partial charge on any atom is -0.441 e. The minimum absolute atomic E-state index is 0.0264. The second kappa shape index (κ2) is 11.1. The predicted octanol–water partition coefficient (Wildman–Crippen LogP) is 3.32. The average molecular weight is 434 g/mol. The molecule has 0 bridgehead atoms. The van der Waals surface area contributed by atoms with Crippen LogP contribution in [0, 0.1) is 5.92 Å². The topological polar surface area (TPSA) is 84.7 Å². The van der Waals surface area contributed by atoms with Gasteiger partial charge in [-0.05, 0) is 31.4 Å². The molecule has 2 heterocycles. The highest BCUT2D eigenvalue weighted by atomic mass is 35.5. The van der Waals surface area contributed by atoms with E-state index in [4.69, 9.17) is 20.8 Å². The van der Waals surface area contributed by atoms with Crippen LogP contribution in [0.25, 0.3) is 11.3 Å². The predicted molar refractivity (Wildman–Crippen MR) is 114 cm³/mol. The second-order valence-electron chi connectivity index (χ2n) is 7.39. The zero-order valence-electron chi connectivity index (χ0n) is 17.2. The number of rotatable bonds is 9. The van der Waals surface area contributed by atoms with E-state index in [0.717, 1.165) is 12.0 Å². The molecule has 0 atom stereocenters.